The Balaban J connectivity index is 2.11. The SMILES string of the molecule is Cn1nnnc1C(/C=C/C(O)CC(O)CC(=O)O)=C(/c1ccccc1)c1ccc(F)cc1. The highest BCUT2D eigenvalue weighted by Crippen LogP contribution is 2.32. The van der Waals surface area contributed by atoms with E-state index in [1.165, 1.54) is 22.9 Å². The van der Waals surface area contributed by atoms with Gasteiger partial charge in [0, 0.05) is 19.0 Å². The highest BCUT2D eigenvalue weighted by atomic mass is 19.1. The maximum Gasteiger partial charge on any atom is 0.305 e. The molecule has 3 N–H and O–H groups in total. The largest absolute Gasteiger partial charge is 0.481 e. The molecule has 0 aliphatic heterocycles. The number of carboxylic acids is 1. The lowest BCUT2D eigenvalue weighted by Gasteiger charge is -2.15. The number of hydrogen-bond donors (Lipinski definition) is 3. The predicted octanol–water partition coefficient (Wildman–Crippen LogP) is 2.45. The first-order valence-electron chi connectivity index (χ1n) is 9.89. The number of aliphatic carboxylic acids is 1. The van der Waals surface area contributed by atoms with Gasteiger partial charge in [0.1, 0.15) is 5.82 Å². The van der Waals surface area contributed by atoms with Gasteiger partial charge in [-0.25, -0.2) is 9.07 Å². The van der Waals surface area contributed by atoms with Crippen molar-refractivity contribution in [3.63, 3.8) is 0 Å². The summed E-state index contributed by atoms with van der Waals surface area (Å²) >= 11 is 0. The minimum atomic E-state index is -1.19. The molecule has 0 spiro atoms. The van der Waals surface area contributed by atoms with Crippen molar-refractivity contribution in [2.75, 3.05) is 0 Å². The number of aliphatic hydroxyl groups excluding tert-OH is 2. The van der Waals surface area contributed by atoms with Crippen LogP contribution in [0.5, 0.6) is 0 Å². The maximum atomic E-state index is 13.6. The summed E-state index contributed by atoms with van der Waals surface area (Å²) in [5, 5.41) is 40.6. The number of tetrazole rings is 1. The second-order valence-electron chi connectivity index (χ2n) is 7.20. The zero-order valence-corrected chi connectivity index (χ0v) is 17.3. The molecule has 2 aromatic carbocycles. The van der Waals surface area contributed by atoms with Crippen molar-refractivity contribution in [2.45, 2.75) is 25.0 Å². The van der Waals surface area contributed by atoms with E-state index in [4.69, 9.17) is 5.11 Å². The Morgan fingerprint density at radius 1 is 1.09 bits per heavy atom. The second kappa shape index (κ2) is 10.6. The van der Waals surface area contributed by atoms with Gasteiger partial charge in [0.15, 0.2) is 5.82 Å². The highest BCUT2D eigenvalue weighted by molar-refractivity contribution is 6.00. The van der Waals surface area contributed by atoms with Crippen LogP contribution in [0.25, 0.3) is 11.1 Å². The first-order valence-corrected chi connectivity index (χ1v) is 9.89. The molecule has 9 heteroatoms. The summed E-state index contributed by atoms with van der Waals surface area (Å²) < 4.78 is 15.1. The van der Waals surface area contributed by atoms with E-state index in [9.17, 15) is 19.4 Å². The molecular formula is C23H23FN4O4. The number of halogens is 1. The van der Waals surface area contributed by atoms with Gasteiger partial charge < -0.3 is 15.3 Å². The molecule has 1 aromatic heterocycles. The summed E-state index contributed by atoms with van der Waals surface area (Å²) in [6.45, 7) is 0. The van der Waals surface area contributed by atoms with E-state index < -0.39 is 24.6 Å². The highest BCUT2D eigenvalue weighted by Gasteiger charge is 2.18. The lowest BCUT2D eigenvalue weighted by Crippen LogP contribution is -2.19. The molecular weight excluding hydrogens is 415 g/mol. The fourth-order valence-corrected chi connectivity index (χ4v) is 3.28. The second-order valence-corrected chi connectivity index (χ2v) is 7.20. The molecule has 8 nitrogen and oxygen atoms in total. The third kappa shape index (κ3) is 5.93. The Bertz CT molecular complexity index is 1110. The fourth-order valence-electron chi connectivity index (χ4n) is 3.28. The zero-order chi connectivity index (χ0) is 23.1. The number of allylic oxidation sites excluding steroid dienone is 2. The molecule has 0 amide bonds. The fraction of sp³-hybridized carbons (Fsp3) is 0.217. The number of rotatable bonds is 9. The molecule has 0 aliphatic carbocycles. The monoisotopic (exact) mass is 438 g/mol. The van der Waals surface area contributed by atoms with Crippen molar-refractivity contribution in [2.24, 2.45) is 7.05 Å². The third-order valence-corrected chi connectivity index (χ3v) is 4.73. The summed E-state index contributed by atoms with van der Waals surface area (Å²) in [5.41, 5.74) is 2.79. The third-order valence-electron chi connectivity index (χ3n) is 4.73. The zero-order valence-electron chi connectivity index (χ0n) is 17.3. The molecule has 1 heterocycles. The average Bonchev–Trinajstić information content (AvgIpc) is 3.17. The van der Waals surface area contributed by atoms with Crippen molar-refractivity contribution < 1.29 is 24.5 Å². The van der Waals surface area contributed by atoms with Crippen LogP contribution in [0.1, 0.15) is 29.8 Å². The van der Waals surface area contributed by atoms with Crippen molar-refractivity contribution in [3.05, 3.63) is 89.5 Å². The molecule has 2 atom stereocenters. The Morgan fingerprint density at radius 2 is 1.75 bits per heavy atom. The molecule has 0 bridgehead atoms. The van der Waals surface area contributed by atoms with E-state index in [0.717, 1.165) is 5.56 Å². The van der Waals surface area contributed by atoms with Crippen LogP contribution in [-0.2, 0) is 11.8 Å². The molecule has 0 saturated heterocycles. The van der Waals surface area contributed by atoms with Gasteiger partial charge in [-0.05, 0) is 39.3 Å². The molecule has 32 heavy (non-hydrogen) atoms. The van der Waals surface area contributed by atoms with Crippen molar-refractivity contribution in [1.82, 2.24) is 20.2 Å². The van der Waals surface area contributed by atoms with Crippen LogP contribution in [-0.4, -0.2) is 53.7 Å². The van der Waals surface area contributed by atoms with Crippen LogP contribution in [0.4, 0.5) is 4.39 Å². The number of benzene rings is 2. The van der Waals surface area contributed by atoms with E-state index >= 15 is 0 Å². The van der Waals surface area contributed by atoms with Gasteiger partial charge in [-0.3, -0.25) is 4.79 Å². The number of aryl methyl sites for hydroxylation is 1. The topological polar surface area (TPSA) is 121 Å². The van der Waals surface area contributed by atoms with Crippen LogP contribution in [0, 0.1) is 5.82 Å². The first-order chi connectivity index (χ1) is 15.3. The lowest BCUT2D eigenvalue weighted by molar-refractivity contribution is -0.139. The number of hydrogen-bond acceptors (Lipinski definition) is 6. The smallest absolute Gasteiger partial charge is 0.305 e. The predicted molar refractivity (Wildman–Crippen MR) is 116 cm³/mol. The van der Waals surface area contributed by atoms with E-state index in [1.54, 1.807) is 25.3 Å². The normalized spacial score (nSPS) is 14.2. The van der Waals surface area contributed by atoms with Gasteiger partial charge in [-0.15, -0.1) is 5.10 Å². The van der Waals surface area contributed by atoms with Gasteiger partial charge >= 0.3 is 5.97 Å². The van der Waals surface area contributed by atoms with Crippen LogP contribution < -0.4 is 0 Å². The standard InChI is InChI=1S/C23H23FN4O4/c1-28-23(25-26-27-28)20(12-11-18(29)13-19(30)14-21(31)32)22(15-5-3-2-4-6-15)16-7-9-17(24)10-8-16/h2-12,18-19,29-30H,13-14H2,1H3,(H,31,32)/b12-11+,22-20-. The summed E-state index contributed by atoms with van der Waals surface area (Å²) in [6.07, 6.45) is 0.153. The van der Waals surface area contributed by atoms with Crippen LogP contribution >= 0.6 is 0 Å². The molecule has 0 aliphatic rings. The van der Waals surface area contributed by atoms with Crippen LogP contribution in [0.15, 0.2) is 66.7 Å². The average molecular weight is 438 g/mol. The van der Waals surface area contributed by atoms with Gasteiger partial charge in [0.25, 0.3) is 0 Å². The van der Waals surface area contributed by atoms with E-state index in [1.807, 2.05) is 30.3 Å². The summed E-state index contributed by atoms with van der Waals surface area (Å²) in [6, 6.07) is 15.4. The molecule has 0 fully saturated rings. The van der Waals surface area contributed by atoms with Crippen molar-refractivity contribution >= 4 is 17.1 Å². The lowest BCUT2D eigenvalue weighted by atomic mass is 9.92. The van der Waals surface area contributed by atoms with Gasteiger partial charge in [-0.1, -0.05) is 54.6 Å². The van der Waals surface area contributed by atoms with E-state index in [0.29, 0.717) is 22.5 Å². The summed E-state index contributed by atoms with van der Waals surface area (Å²) in [5.74, 6) is -1.12. The van der Waals surface area contributed by atoms with Crippen molar-refractivity contribution in [3.8, 4) is 0 Å². The van der Waals surface area contributed by atoms with E-state index in [2.05, 4.69) is 15.5 Å². The Labute approximate surface area is 184 Å². The van der Waals surface area contributed by atoms with E-state index in [-0.39, 0.29) is 12.2 Å². The summed E-state index contributed by atoms with van der Waals surface area (Å²) in [7, 11) is 1.67. The minimum Gasteiger partial charge on any atom is -0.481 e. The number of aromatic nitrogens is 4. The summed E-state index contributed by atoms with van der Waals surface area (Å²) in [4.78, 5) is 10.8. The molecule has 166 valence electrons. The van der Waals surface area contributed by atoms with Crippen LogP contribution in [0.3, 0.4) is 0 Å². The minimum absolute atomic E-state index is 0.148. The first kappa shape index (κ1) is 23.0. The Kier molecular flexibility index (Phi) is 7.58. The van der Waals surface area contributed by atoms with Crippen molar-refractivity contribution in [1.29, 1.82) is 0 Å². The number of nitrogens with zero attached hydrogens (tertiary/aromatic N) is 4. The molecule has 0 saturated carbocycles. The van der Waals surface area contributed by atoms with Crippen LogP contribution in [0.2, 0.25) is 0 Å². The Hall–Kier alpha value is -3.69. The molecule has 0 radical (unpaired) electrons. The maximum absolute atomic E-state index is 13.6. The molecule has 3 rings (SSSR count). The van der Waals surface area contributed by atoms with Gasteiger partial charge in [0.05, 0.1) is 18.6 Å². The number of carboxylic acid groups (broad SMARTS) is 1. The Morgan fingerprint density at radius 3 is 2.34 bits per heavy atom. The quantitative estimate of drug-likeness (QED) is 0.439. The number of aliphatic hydroxyl groups is 2. The molecule has 2 unspecified atom stereocenters. The van der Waals surface area contributed by atoms with Gasteiger partial charge in [0.2, 0.25) is 0 Å². The van der Waals surface area contributed by atoms with Gasteiger partial charge in [-0.2, -0.15) is 0 Å². The number of carbonyl (C=O) groups is 1. The molecule has 3 aromatic rings.